The molecule has 4 atom stereocenters. The summed E-state index contributed by atoms with van der Waals surface area (Å²) in [7, 11) is 0. The van der Waals surface area contributed by atoms with E-state index in [-0.39, 0.29) is 40.4 Å². The van der Waals surface area contributed by atoms with E-state index in [1.54, 1.807) is 17.0 Å². The molecular formula is C24H19F4N5O. The molecule has 1 spiro atoms. The third kappa shape index (κ3) is 3.15. The average molecular weight is 469 g/mol. The largest absolute Gasteiger partial charge is 0.433 e. The molecule has 1 aromatic carbocycles. The van der Waals surface area contributed by atoms with Gasteiger partial charge in [-0.15, -0.1) is 0 Å². The highest BCUT2D eigenvalue weighted by Gasteiger charge is 2.75. The van der Waals surface area contributed by atoms with E-state index in [2.05, 4.69) is 20.3 Å². The molecule has 4 unspecified atom stereocenters. The Morgan fingerprint density at radius 2 is 1.85 bits per heavy atom. The molecule has 3 fully saturated rings. The summed E-state index contributed by atoms with van der Waals surface area (Å²) in [6, 6.07) is 8.00. The van der Waals surface area contributed by atoms with Crippen molar-refractivity contribution < 1.29 is 22.4 Å². The Hall–Kier alpha value is -3.56. The van der Waals surface area contributed by atoms with E-state index in [1.807, 2.05) is 0 Å². The zero-order valence-electron chi connectivity index (χ0n) is 17.8. The molecule has 2 aliphatic carbocycles. The number of aromatic nitrogens is 3. The summed E-state index contributed by atoms with van der Waals surface area (Å²) >= 11 is 0. The summed E-state index contributed by atoms with van der Waals surface area (Å²) in [6.07, 6.45) is 1.49. The monoisotopic (exact) mass is 469 g/mol. The number of anilines is 1. The zero-order valence-corrected chi connectivity index (χ0v) is 17.8. The first-order valence-electron chi connectivity index (χ1n) is 10.9. The molecule has 34 heavy (non-hydrogen) atoms. The van der Waals surface area contributed by atoms with Crippen molar-refractivity contribution in [1.82, 2.24) is 19.9 Å². The van der Waals surface area contributed by atoms with Crippen molar-refractivity contribution in [1.29, 1.82) is 0 Å². The van der Waals surface area contributed by atoms with Crippen LogP contribution in [0.4, 0.5) is 23.2 Å². The molecular weight excluding hydrogens is 450 g/mol. The van der Waals surface area contributed by atoms with Gasteiger partial charge in [0.2, 0.25) is 0 Å². The van der Waals surface area contributed by atoms with Gasteiger partial charge in [0.05, 0.1) is 29.1 Å². The number of carbonyl (C=O) groups is 1. The Morgan fingerprint density at radius 1 is 1.06 bits per heavy atom. The third-order valence-corrected chi connectivity index (χ3v) is 7.30. The molecule has 6 nitrogen and oxygen atoms in total. The number of likely N-dealkylation sites (tertiary alicyclic amines) is 1. The summed E-state index contributed by atoms with van der Waals surface area (Å²) in [5, 5.41) is 3.25. The molecule has 1 amide bonds. The maximum Gasteiger partial charge on any atom is 0.433 e. The minimum atomic E-state index is -4.50. The fourth-order valence-corrected chi connectivity index (χ4v) is 5.73. The number of amides is 1. The first-order chi connectivity index (χ1) is 16.3. The van der Waals surface area contributed by atoms with Gasteiger partial charge in [-0.25, -0.2) is 19.3 Å². The van der Waals surface area contributed by atoms with Crippen LogP contribution < -0.4 is 5.32 Å². The second-order valence-corrected chi connectivity index (χ2v) is 9.16. The highest BCUT2D eigenvalue weighted by atomic mass is 19.4. The number of hydrogen-bond donors (Lipinski definition) is 1. The summed E-state index contributed by atoms with van der Waals surface area (Å²) in [6.45, 7) is 0.568. The van der Waals surface area contributed by atoms with E-state index in [9.17, 15) is 22.4 Å². The summed E-state index contributed by atoms with van der Waals surface area (Å²) in [5.74, 6) is -0.344. The van der Waals surface area contributed by atoms with Crippen molar-refractivity contribution >= 4 is 11.6 Å². The molecule has 3 aliphatic rings. The lowest BCUT2D eigenvalue weighted by atomic mass is 9.71. The highest BCUT2D eigenvalue weighted by molar-refractivity contribution is 6.01. The van der Waals surface area contributed by atoms with Crippen LogP contribution in [-0.2, 0) is 6.18 Å². The van der Waals surface area contributed by atoms with Gasteiger partial charge in [0.1, 0.15) is 11.5 Å². The van der Waals surface area contributed by atoms with Gasteiger partial charge >= 0.3 is 6.18 Å². The van der Waals surface area contributed by atoms with E-state index in [0.29, 0.717) is 18.2 Å². The third-order valence-electron chi connectivity index (χ3n) is 7.30. The van der Waals surface area contributed by atoms with Crippen molar-refractivity contribution in [2.75, 3.05) is 11.9 Å². The van der Waals surface area contributed by atoms with Crippen molar-refractivity contribution in [3.63, 3.8) is 0 Å². The Bertz CT molecular complexity index is 1270. The number of carbonyl (C=O) groups excluding carboxylic acids is 1. The minimum Gasteiger partial charge on any atom is -0.379 e. The Morgan fingerprint density at radius 3 is 2.56 bits per heavy atom. The summed E-state index contributed by atoms with van der Waals surface area (Å²) in [5.41, 5.74) is -0.190. The van der Waals surface area contributed by atoms with Gasteiger partial charge in [-0.3, -0.25) is 4.79 Å². The first-order valence-corrected chi connectivity index (χ1v) is 10.9. The van der Waals surface area contributed by atoms with Crippen LogP contribution in [0.25, 0.3) is 11.4 Å². The van der Waals surface area contributed by atoms with Gasteiger partial charge in [0.25, 0.3) is 5.91 Å². The molecule has 1 N–H and O–H groups in total. The molecule has 3 aromatic rings. The summed E-state index contributed by atoms with van der Waals surface area (Å²) in [4.78, 5) is 27.2. The van der Waals surface area contributed by atoms with Crippen molar-refractivity contribution in [3.05, 3.63) is 72.1 Å². The van der Waals surface area contributed by atoms with Crippen molar-refractivity contribution in [2.45, 2.75) is 31.1 Å². The zero-order chi connectivity index (χ0) is 23.7. The van der Waals surface area contributed by atoms with Gasteiger partial charge < -0.3 is 10.2 Å². The molecule has 0 radical (unpaired) electrons. The normalized spacial score (nSPS) is 26.9. The molecule has 10 heteroatoms. The Kier molecular flexibility index (Phi) is 4.46. The molecule has 1 saturated heterocycles. The quantitative estimate of drug-likeness (QED) is 0.574. The van der Waals surface area contributed by atoms with Crippen LogP contribution in [-0.4, -0.2) is 44.4 Å². The van der Waals surface area contributed by atoms with E-state index < -0.39 is 17.7 Å². The Balaban J connectivity index is 1.27. The second kappa shape index (κ2) is 7.22. The fraction of sp³-hybridized carbons (Fsp3) is 0.333. The number of pyridine rings is 1. The van der Waals surface area contributed by atoms with Crippen LogP contribution in [0.15, 0.2) is 55.0 Å². The lowest BCUT2D eigenvalue weighted by Crippen LogP contribution is -2.59. The molecule has 0 bridgehead atoms. The number of rotatable bonds is 4. The van der Waals surface area contributed by atoms with Crippen LogP contribution in [0, 0.1) is 17.2 Å². The standard InChI is InChI=1S/C24H19F4N5O/c25-16-4-1-3-15(19(16)21-29-7-2-8-30-21)22(34)33-12-13-9-23(13)10-17(20(23)33)32-14-5-6-18(31-11-14)24(26,27)28/h1-8,11,13,17,20,32H,9-10,12H2. The number of alkyl halides is 3. The second-order valence-electron chi connectivity index (χ2n) is 9.16. The average Bonchev–Trinajstić information content (AvgIpc) is 3.47. The summed E-state index contributed by atoms with van der Waals surface area (Å²) < 4.78 is 53.2. The van der Waals surface area contributed by atoms with E-state index >= 15 is 0 Å². The molecule has 6 rings (SSSR count). The molecule has 1 aliphatic heterocycles. The lowest BCUT2D eigenvalue weighted by molar-refractivity contribution is -0.141. The molecule has 2 aromatic heterocycles. The number of hydrogen-bond acceptors (Lipinski definition) is 5. The van der Waals surface area contributed by atoms with Crippen LogP contribution >= 0.6 is 0 Å². The molecule has 174 valence electrons. The smallest absolute Gasteiger partial charge is 0.379 e. The number of halogens is 4. The van der Waals surface area contributed by atoms with Crippen LogP contribution in [0.2, 0.25) is 0 Å². The van der Waals surface area contributed by atoms with Crippen LogP contribution in [0.3, 0.4) is 0 Å². The molecule has 2 saturated carbocycles. The number of nitrogens with zero attached hydrogens (tertiary/aromatic N) is 4. The predicted molar refractivity (Wildman–Crippen MR) is 114 cm³/mol. The van der Waals surface area contributed by atoms with Gasteiger partial charge in [-0.2, -0.15) is 13.2 Å². The van der Waals surface area contributed by atoms with Gasteiger partial charge in [0.15, 0.2) is 5.82 Å². The minimum absolute atomic E-state index is 0.0312. The molecule has 3 heterocycles. The fourth-order valence-electron chi connectivity index (χ4n) is 5.73. The number of piperidine rings is 1. The van der Waals surface area contributed by atoms with Crippen molar-refractivity contribution in [3.8, 4) is 11.4 Å². The predicted octanol–water partition coefficient (Wildman–Crippen LogP) is 4.41. The van der Waals surface area contributed by atoms with Crippen LogP contribution in [0.5, 0.6) is 0 Å². The maximum atomic E-state index is 14.8. The van der Waals surface area contributed by atoms with E-state index in [0.717, 1.165) is 25.1 Å². The SMILES string of the molecule is O=C(c1cccc(F)c1-c1ncccn1)N1CC2CC23CC(Nc2ccc(C(F)(F)F)nc2)C13. The van der Waals surface area contributed by atoms with Gasteiger partial charge in [-0.1, -0.05) is 6.07 Å². The Labute approximate surface area is 192 Å². The van der Waals surface area contributed by atoms with E-state index in [4.69, 9.17) is 0 Å². The van der Waals surface area contributed by atoms with Crippen molar-refractivity contribution in [2.24, 2.45) is 11.3 Å². The van der Waals surface area contributed by atoms with E-state index in [1.165, 1.54) is 30.6 Å². The maximum absolute atomic E-state index is 14.8. The highest BCUT2D eigenvalue weighted by Crippen LogP contribution is 2.71. The van der Waals surface area contributed by atoms with Gasteiger partial charge in [-0.05, 0) is 54.5 Å². The van der Waals surface area contributed by atoms with Gasteiger partial charge in [0, 0.05) is 25.0 Å². The number of benzene rings is 1. The van der Waals surface area contributed by atoms with Crippen LogP contribution in [0.1, 0.15) is 28.9 Å². The number of nitrogens with one attached hydrogen (secondary N) is 1. The first kappa shape index (κ1) is 21.0. The lowest BCUT2D eigenvalue weighted by Gasteiger charge is -2.48. The topological polar surface area (TPSA) is 71.0 Å².